The van der Waals surface area contributed by atoms with Gasteiger partial charge in [-0.15, -0.1) is 0 Å². The molecule has 3 heteroatoms. The van der Waals surface area contributed by atoms with E-state index in [9.17, 15) is 5.11 Å². The van der Waals surface area contributed by atoms with Crippen molar-refractivity contribution in [1.29, 1.82) is 0 Å². The summed E-state index contributed by atoms with van der Waals surface area (Å²) in [5.41, 5.74) is 8.01. The van der Waals surface area contributed by atoms with E-state index >= 15 is 0 Å². The minimum absolute atomic E-state index is 0.278. The van der Waals surface area contributed by atoms with Crippen LogP contribution in [0.3, 0.4) is 0 Å². The highest BCUT2D eigenvalue weighted by Crippen LogP contribution is 2.17. The summed E-state index contributed by atoms with van der Waals surface area (Å²) in [6, 6.07) is 8.29. The second-order valence-corrected chi connectivity index (χ2v) is 5.80. The fraction of sp³-hybridized carbons (Fsp3) is 0.579. The molecule has 22 heavy (non-hydrogen) atoms. The summed E-state index contributed by atoms with van der Waals surface area (Å²) >= 11 is 0. The van der Waals surface area contributed by atoms with Crippen LogP contribution in [0, 0.1) is 0 Å². The van der Waals surface area contributed by atoms with Crippen molar-refractivity contribution in [3.8, 4) is 0 Å². The molecule has 1 heterocycles. The summed E-state index contributed by atoms with van der Waals surface area (Å²) in [6.45, 7) is 4.97. The fourth-order valence-corrected chi connectivity index (χ4v) is 2.50. The number of aromatic amines is 1. The number of nitrogens with one attached hydrogen (secondary N) is 1. The highest BCUT2D eigenvalue weighted by Gasteiger charge is 2.03. The van der Waals surface area contributed by atoms with E-state index in [0.717, 1.165) is 44.9 Å². The van der Waals surface area contributed by atoms with Crippen LogP contribution in [0.1, 0.15) is 57.9 Å². The van der Waals surface area contributed by atoms with Gasteiger partial charge < -0.3 is 10.7 Å². The Morgan fingerprint density at radius 2 is 1.73 bits per heavy atom. The smallest absolute Gasteiger partial charge is 0.0930 e. The van der Waals surface area contributed by atoms with Gasteiger partial charge in [-0.05, 0) is 37.4 Å². The van der Waals surface area contributed by atoms with Crippen molar-refractivity contribution in [2.24, 2.45) is 5.73 Å². The Kier molecular flexibility index (Phi) is 9.60. The normalized spacial score (nSPS) is 10.8. The van der Waals surface area contributed by atoms with Crippen molar-refractivity contribution in [3.05, 3.63) is 36.0 Å². The van der Waals surface area contributed by atoms with E-state index < -0.39 is 0 Å². The first kappa shape index (κ1) is 18.7. The maximum absolute atomic E-state index is 11.0. The number of aromatic nitrogens is 1. The van der Waals surface area contributed by atoms with Crippen molar-refractivity contribution >= 4 is 10.9 Å². The average Bonchev–Trinajstić information content (AvgIpc) is 2.95. The number of benzene rings is 1. The third-order valence-corrected chi connectivity index (χ3v) is 3.85. The van der Waals surface area contributed by atoms with Crippen LogP contribution < -0.4 is 5.73 Å². The molecule has 0 aliphatic heterocycles. The number of rotatable bonds is 8. The molecule has 0 fully saturated rings. The molecule has 0 unspecified atom stereocenters. The molecule has 0 atom stereocenters. The maximum atomic E-state index is 11.0. The summed E-state index contributed by atoms with van der Waals surface area (Å²) in [5.74, 6) is 0. The Morgan fingerprint density at radius 1 is 1.09 bits per heavy atom. The lowest BCUT2D eigenvalue weighted by Crippen LogP contribution is -2.03. The van der Waals surface area contributed by atoms with Gasteiger partial charge in [0, 0.05) is 17.1 Å². The molecule has 2 aromatic rings. The number of fused-ring (bicyclic) bond motifs is 1. The third kappa shape index (κ3) is 6.63. The first-order valence-electron chi connectivity index (χ1n) is 8.63. The van der Waals surface area contributed by atoms with Gasteiger partial charge in [-0.3, -0.25) is 0 Å². The van der Waals surface area contributed by atoms with Crippen LogP contribution in [-0.4, -0.2) is 17.6 Å². The van der Waals surface area contributed by atoms with Crippen LogP contribution in [0.25, 0.3) is 10.9 Å². The summed E-state index contributed by atoms with van der Waals surface area (Å²) in [4.78, 5) is 3.22. The third-order valence-electron chi connectivity index (χ3n) is 3.85. The standard InChI is InChI=1S/C10H12N2.C9H19O/c11-6-5-8-7-12-10-4-2-1-3-9(8)10;1-3-5-7-9(10)8-6-4-2/h1-4,7,12H,5-6,11H2;9H,3-8H2,1-2H3. The monoisotopic (exact) mass is 303 g/mol. The van der Waals surface area contributed by atoms with Gasteiger partial charge >= 0.3 is 0 Å². The molecular formula is C19H31N2O. The van der Waals surface area contributed by atoms with Crippen LogP contribution in [-0.2, 0) is 11.5 Å². The van der Waals surface area contributed by atoms with Crippen molar-refractivity contribution in [1.82, 2.24) is 4.98 Å². The first-order valence-corrected chi connectivity index (χ1v) is 8.63. The molecule has 0 aliphatic carbocycles. The topological polar surface area (TPSA) is 61.7 Å². The largest absolute Gasteiger partial charge is 0.361 e. The number of hydrogen-bond acceptors (Lipinski definition) is 1. The number of hydrogen-bond donors (Lipinski definition) is 2. The zero-order chi connectivity index (χ0) is 16.2. The molecule has 1 radical (unpaired) electrons. The Labute approximate surface area is 134 Å². The second kappa shape index (κ2) is 11.3. The lowest BCUT2D eigenvalue weighted by Gasteiger charge is -2.04. The molecule has 2 rings (SSSR count). The molecular weight excluding hydrogens is 272 g/mol. The Morgan fingerprint density at radius 3 is 2.32 bits per heavy atom. The van der Waals surface area contributed by atoms with Crippen molar-refractivity contribution in [2.45, 2.75) is 64.9 Å². The molecule has 0 bridgehead atoms. The van der Waals surface area contributed by atoms with Crippen molar-refractivity contribution in [2.75, 3.05) is 6.54 Å². The van der Waals surface area contributed by atoms with Crippen LogP contribution in [0.15, 0.2) is 30.5 Å². The van der Waals surface area contributed by atoms with Gasteiger partial charge in [-0.1, -0.05) is 57.7 Å². The molecule has 0 spiro atoms. The van der Waals surface area contributed by atoms with E-state index in [2.05, 4.69) is 37.0 Å². The second-order valence-electron chi connectivity index (χ2n) is 5.80. The molecule has 3 nitrogen and oxygen atoms in total. The Bertz CT molecular complexity index is 499. The van der Waals surface area contributed by atoms with Gasteiger partial charge in [0.05, 0.1) is 6.10 Å². The number of H-pyrrole nitrogens is 1. The summed E-state index contributed by atoms with van der Waals surface area (Å²) in [6.07, 6.45) is 9.01. The van der Waals surface area contributed by atoms with E-state index in [1.165, 1.54) is 16.5 Å². The SMILES string of the molecule is CCCCC([O])CCCC.NCCc1c[nH]c2ccccc12. The van der Waals surface area contributed by atoms with E-state index in [0.29, 0.717) is 6.54 Å². The number of para-hydroxylation sites is 1. The number of unbranched alkanes of at least 4 members (excludes halogenated alkanes) is 2. The molecule has 0 saturated heterocycles. The van der Waals surface area contributed by atoms with Gasteiger partial charge in [0.1, 0.15) is 0 Å². The predicted molar refractivity (Wildman–Crippen MR) is 94.6 cm³/mol. The van der Waals surface area contributed by atoms with Gasteiger partial charge in [-0.2, -0.15) is 0 Å². The van der Waals surface area contributed by atoms with Gasteiger partial charge in [-0.25, -0.2) is 5.11 Å². The highest BCUT2D eigenvalue weighted by atomic mass is 16.3. The van der Waals surface area contributed by atoms with Crippen LogP contribution in [0.2, 0.25) is 0 Å². The predicted octanol–water partition coefficient (Wildman–Crippen LogP) is 4.84. The van der Waals surface area contributed by atoms with Gasteiger partial charge in [0.25, 0.3) is 0 Å². The maximum Gasteiger partial charge on any atom is 0.0930 e. The van der Waals surface area contributed by atoms with Gasteiger partial charge in [0.15, 0.2) is 0 Å². The lowest BCUT2D eigenvalue weighted by molar-refractivity contribution is 0.0698. The number of nitrogens with two attached hydrogens (primary N) is 1. The van der Waals surface area contributed by atoms with E-state index in [-0.39, 0.29) is 6.10 Å². The van der Waals surface area contributed by atoms with E-state index in [1.807, 2.05) is 12.3 Å². The molecule has 3 N–H and O–H groups in total. The first-order chi connectivity index (χ1) is 10.7. The molecule has 123 valence electrons. The molecule has 1 aromatic carbocycles. The van der Waals surface area contributed by atoms with E-state index in [1.54, 1.807) is 0 Å². The lowest BCUT2D eigenvalue weighted by atomic mass is 10.1. The Hall–Kier alpha value is -1.32. The molecule has 0 amide bonds. The van der Waals surface area contributed by atoms with Crippen molar-refractivity contribution < 1.29 is 5.11 Å². The molecule has 1 aromatic heterocycles. The van der Waals surface area contributed by atoms with Crippen molar-refractivity contribution in [3.63, 3.8) is 0 Å². The molecule has 0 aliphatic rings. The highest BCUT2D eigenvalue weighted by molar-refractivity contribution is 5.82. The summed E-state index contributed by atoms with van der Waals surface area (Å²) in [7, 11) is 0. The Balaban J connectivity index is 0.000000225. The zero-order valence-corrected chi connectivity index (χ0v) is 14.1. The zero-order valence-electron chi connectivity index (χ0n) is 14.1. The average molecular weight is 303 g/mol. The van der Waals surface area contributed by atoms with E-state index in [4.69, 9.17) is 5.73 Å². The minimum Gasteiger partial charge on any atom is -0.361 e. The van der Waals surface area contributed by atoms with Crippen LogP contribution >= 0.6 is 0 Å². The fourth-order valence-electron chi connectivity index (χ4n) is 2.50. The minimum atomic E-state index is -0.278. The van der Waals surface area contributed by atoms with Crippen LogP contribution in [0.4, 0.5) is 0 Å². The quantitative estimate of drug-likeness (QED) is 0.720. The van der Waals surface area contributed by atoms with Crippen LogP contribution in [0.5, 0.6) is 0 Å². The molecule has 0 saturated carbocycles. The van der Waals surface area contributed by atoms with Gasteiger partial charge in [0.2, 0.25) is 0 Å². The summed E-state index contributed by atoms with van der Waals surface area (Å²) in [5, 5.41) is 12.3. The summed E-state index contributed by atoms with van der Waals surface area (Å²) < 4.78 is 0.